The van der Waals surface area contributed by atoms with Gasteiger partial charge in [0.25, 0.3) is 0 Å². The molecule has 3 unspecified atom stereocenters. The lowest BCUT2D eigenvalue weighted by Crippen LogP contribution is -2.50. The molecule has 17 heavy (non-hydrogen) atoms. The number of hydrogen-bond acceptors (Lipinski definition) is 3. The molecule has 3 atom stereocenters. The van der Waals surface area contributed by atoms with E-state index in [1.54, 1.807) is 32.9 Å². The van der Waals surface area contributed by atoms with Gasteiger partial charge in [-0.15, -0.1) is 0 Å². The van der Waals surface area contributed by atoms with Crippen molar-refractivity contribution in [1.29, 1.82) is 0 Å². The molecule has 1 amide bonds. The largest absolute Gasteiger partial charge is 0.480 e. The van der Waals surface area contributed by atoms with Crippen LogP contribution in [0.4, 0.5) is 0 Å². The van der Waals surface area contributed by atoms with Gasteiger partial charge in [0.05, 0.1) is 5.92 Å². The third kappa shape index (κ3) is 3.56. The Morgan fingerprint density at radius 2 is 2.00 bits per heavy atom. The Morgan fingerprint density at radius 3 is 2.35 bits per heavy atom. The minimum Gasteiger partial charge on any atom is -0.480 e. The maximum atomic E-state index is 11.9. The average Bonchev–Trinajstić information content (AvgIpc) is 2.58. The van der Waals surface area contributed by atoms with E-state index in [1.807, 2.05) is 0 Å². The average molecular weight is 240 g/mol. The molecule has 0 aromatic rings. The van der Waals surface area contributed by atoms with Gasteiger partial charge < -0.3 is 16.2 Å². The van der Waals surface area contributed by atoms with Crippen LogP contribution in [0.15, 0.2) is 12.2 Å². The lowest BCUT2D eigenvalue weighted by Gasteiger charge is -2.28. The van der Waals surface area contributed by atoms with Crippen molar-refractivity contribution < 1.29 is 14.7 Å². The van der Waals surface area contributed by atoms with E-state index in [4.69, 9.17) is 10.8 Å². The van der Waals surface area contributed by atoms with E-state index in [0.717, 1.165) is 0 Å². The number of carbonyl (C=O) groups is 2. The zero-order valence-electron chi connectivity index (χ0n) is 10.4. The zero-order valence-corrected chi connectivity index (χ0v) is 10.4. The number of carboxylic acid groups (broad SMARTS) is 1. The number of nitrogens with one attached hydrogen (secondary N) is 1. The molecule has 0 bridgehead atoms. The molecule has 0 saturated heterocycles. The van der Waals surface area contributed by atoms with Gasteiger partial charge in [0, 0.05) is 6.04 Å². The van der Waals surface area contributed by atoms with Crippen LogP contribution in [0.25, 0.3) is 0 Å². The van der Waals surface area contributed by atoms with Gasteiger partial charge in [-0.1, -0.05) is 32.9 Å². The number of amides is 1. The Bertz CT molecular complexity index is 344. The Hall–Kier alpha value is -1.36. The molecule has 4 N–H and O–H groups in total. The first-order chi connectivity index (χ1) is 7.71. The molecule has 0 radical (unpaired) electrons. The summed E-state index contributed by atoms with van der Waals surface area (Å²) in [6, 6.07) is -0.996. The zero-order chi connectivity index (χ0) is 13.2. The SMILES string of the molecule is CC(C)(C)C(NC(=O)C1C=CC(N)C1)C(=O)O. The fraction of sp³-hybridized carbons (Fsp3) is 0.667. The van der Waals surface area contributed by atoms with Crippen molar-refractivity contribution in [1.82, 2.24) is 5.32 Å². The fourth-order valence-corrected chi connectivity index (χ4v) is 1.82. The van der Waals surface area contributed by atoms with Crippen LogP contribution in [-0.4, -0.2) is 29.1 Å². The molecule has 5 heteroatoms. The summed E-state index contributed by atoms with van der Waals surface area (Å²) >= 11 is 0. The second-order valence-corrected chi connectivity index (χ2v) is 5.54. The summed E-state index contributed by atoms with van der Waals surface area (Å²) in [6.07, 6.45) is 4.06. The Balaban J connectivity index is 2.66. The van der Waals surface area contributed by atoms with Crippen molar-refractivity contribution in [2.24, 2.45) is 17.1 Å². The Labute approximate surface area is 101 Å². The minimum absolute atomic E-state index is 0.108. The highest BCUT2D eigenvalue weighted by atomic mass is 16.4. The first kappa shape index (κ1) is 13.7. The molecule has 1 aliphatic rings. The summed E-state index contributed by atoms with van der Waals surface area (Å²) in [5.41, 5.74) is 5.13. The highest BCUT2D eigenvalue weighted by molar-refractivity contribution is 5.86. The number of rotatable bonds is 3. The second kappa shape index (κ2) is 4.87. The number of hydrogen-bond donors (Lipinski definition) is 3. The summed E-state index contributed by atoms with van der Waals surface area (Å²) in [7, 11) is 0. The number of aliphatic carboxylic acids is 1. The lowest BCUT2D eigenvalue weighted by atomic mass is 9.86. The maximum Gasteiger partial charge on any atom is 0.326 e. The first-order valence-corrected chi connectivity index (χ1v) is 5.69. The standard InChI is InChI=1S/C12H20N2O3/c1-12(2,3)9(11(16)17)14-10(15)7-4-5-8(13)6-7/h4-5,7-9H,6,13H2,1-3H3,(H,14,15)(H,16,17). The van der Waals surface area contributed by atoms with Crippen molar-refractivity contribution in [2.45, 2.75) is 39.3 Å². The number of carboxylic acids is 1. The number of carbonyl (C=O) groups excluding carboxylic acids is 1. The monoisotopic (exact) mass is 240 g/mol. The van der Waals surface area contributed by atoms with Crippen LogP contribution in [0.5, 0.6) is 0 Å². The summed E-state index contributed by atoms with van der Waals surface area (Å²) in [6.45, 7) is 5.34. The highest BCUT2D eigenvalue weighted by Crippen LogP contribution is 2.22. The van der Waals surface area contributed by atoms with Crippen molar-refractivity contribution in [3.63, 3.8) is 0 Å². The molecule has 0 aromatic heterocycles. The van der Waals surface area contributed by atoms with Gasteiger partial charge >= 0.3 is 5.97 Å². The van der Waals surface area contributed by atoms with E-state index in [1.165, 1.54) is 0 Å². The quantitative estimate of drug-likeness (QED) is 0.626. The van der Waals surface area contributed by atoms with Gasteiger partial charge in [0.15, 0.2) is 0 Å². The molecule has 0 aliphatic heterocycles. The van der Waals surface area contributed by atoms with Gasteiger partial charge in [-0.25, -0.2) is 4.79 Å². The summed E-state index contributed by atoms with van der Waals surface area (Å²) in [5.74, 6) is -1.59. The van der Waals surface area contributed by atoms with E-state index < -0.39 is 17.4 Å². The third-order valence-electron chi connectivity index (χ3n) is 2.85. The maximum absolute atomic E-state index is 11.9. The molecule has 1 aliphatic carbocycles. The lowest BCUT2D eigenvalue weighted by molar-refractivity contribution is -0.145. The second-order valence-electron chi connectivity index (χ2n) is 5.54. The van der Waals surface area contributed by atoms with Crippen LogP contribution >= 0.6 is 0 Å². The van der Waals surface area contributed by atoms with Crippen LogP contribution in [0.2, 0.25) is 0 Å². The highest BCUT2D eigenvalue weighted by Gasteiger charge is 2.34. The minimum atomic E-state index is -1.02. The predicted octanol–water partition coefficient (Wildman–Crippen LogP) is 0.505. The first-order valence-electron chi connectivity index (χ1n) is 5.69. The number of nitrogens with two attached hydrogens (primary N) is 1. The molecule has 1 rings (SSSR count). The van der Waals surface area contributed by atoms with Crippen LogP contribution < -0.4 is 11.1 Å². The van der Waals surface area contributed by atoms with Crippen LogP contribution in [0.1, 0.15) is 27.2 Å². The van der Waals surface area contributed by atoms with Gasteiger partial charge in [-0.2, -0.15) is 0 Å². The van der Waals surface area contributed by atoms with Gasteiger partial charge in [0.1, 0.15) is 6.04 Å². The van der Waals surface area contributed by atoms with Crippen molar-refractivity contribution in [3.8, 4) is 0 Å². The molecular formula is C12H20N2O3. The topological polar surface area (TPSA) is 92.4 Å². The molecule has 0 heterocycles. The summed E-state index contributed by atoms with van der Waals surface area (Å²) in [5, 5.41) is 11.7. The Morgan fingerprint density at radius 1 is 1.41 bits per heavy atom. The van der Waals surface area contributed by atoms with Crippen molar-refractivity contribution in [3.05, 3.63) is 12.2 Å². The van der Waals surface area contributed by atoms with E-state index in [9.17, 15) is 9.59 Å². The van der Waals surface area contributed by atoms with E-state index in [0.29, 0.717) is 6.42 Å². The molecular weight excluding hydrogens is 220 g/mol. The molecule has 96 valence electrons. The van der Waals surface area contributed by atoms with E-state index in [-0.39, 0.29) is 17.9 Å². The predicted molar refractivity (Wildman–Crippen MR) is 64.2 cm³/mol. The molecule has 0 fully saturated rings. The fourth-order valence-electron chi connectivity index (χ4n) is 1.82. The molecule has 5 nitrogen and oxygen atoms in total. The molecule has 0 spiro atoms. The van der Waals surface area contributed by atoms with Crippen molar-refractivity contribution in [2.75, 3.05) is 0 Å². The normalized spacial score (nSPS) is 25.6. The van der Waals surface area contributed by atoms with Crippen LogP contribution in [-0.2, 0) is 9.59 Å². The van der Waals surface area contributed by atoms with Crippen LogP contribution in [0, 0.1) is 11.3 Å². The van der Waals surface area contributed by atoms with Gasteiger partial charge in [-0.05, 0) is 11.8 Å². The van der Waals surface area contributed by atoms with E-state index in [2.05, 4.69) is 5.32 Å². The van der Waals surface area contributed by atoms with Crippen LogP contribution in [0.3, 0.4) is 0 Å². The van der Waals surface area contributed by atoms with Gasteiger partial charge in [-0.3, -0.25) is 4.79 Å². The van der Waals surface area contributed by atoms with Gasteiger partial charge in [0.2, 0.25) is 5.91 Å². The smallest absolute Gasteiger partial charge is 0.326 e. The Kier molecular flexibility index (Phi) is 3.93. The summed E-state index contributed by atoms with van der Waals surface area (Å²) < 4.78 is 0. The van der Waals surface area contributed by atoms with E-state index >= 15 is 0 Å². The molecule has 0 saturated carbocycles. The molecule has 0 aromatic carbocycles. The van der Waals surface area contributed by atoms with Crippen molar-refractivity contribution >= 4 is 11.9 Å². The third-order valence-corrected chi connectivity index (χ3v) is 2.85. The summed E-state index contributed by atoms with van der Waals surface area (Å²) in [4.78, 5) is 23.0.